The summed E-state index contributed by atoms with van der Waals surface area (Å²) < 4.78 is 4.50. The van der Waals surface area contributed by atoms with Gasteiger partial charge in [0.05, 0.1) is 19.1 Å². The first kappa shape index (κ1) is 6.55. The summed E-state index contributed by atoms with van der Waals surface area (Å²) in [5.41, 5.74) is 0. The molecule has 0 amide bonds. The Bertz CT molecular complexity index is 102. The molecule has 0 aromatic carbocycles. The van der Waals surface area contributed by atoms with Crippen LogP contribution in [0, 0.1) is 5.92 Å². The molecule has 1 heterocycles. The van der Waals surface area contributed by atoms with Crippen molar-refractivity contribution in [1.82, 2.24) is 0 Å². The minimum Gasteiger partial charge on any atom is -0.481 e. The van der Waals surface area contributed by atoms with Crippen LogP contribution in [0.2, 0.25) is 0 Å². The number of aliphatic carboxylic acids is 1. The second-order valence-corrected chi connectivity index (χ2v) is 2.22. The van der Waals surface area contributed by atoms with Crippen LogP contribution >= 0.6 is 0 Å². The van der Waals surface area contributed by atoms with Crippen molar-refractivity contribution in [2.45, 2.75) is 12.8 Å². The third kappa shape index (κ3) is 3.97. The van der Waals surface area contributed by atoms with Gasteiger partial charge in [-0.3, -0.25) is 4.79 Å². The van der Waals surface area contributed by atoms with Gasteiger partial charge < -0.3 is 9.84 Å². The molecule has 0 aromatic heterocycles. The summed E-state index contributed by atoms with van der Waals surface area (Å²) >= 11 is 0. The highest BCUT2D eigenvalue weighted by molar-refractivity contribution is 5.72. The first-order chi connectivity index (χ1) is 4.30. The van der Waals surface area contributed by atoms with Crippen LogP contribution in [0.3, 0.4) is 0 Å². The molecule has 1 N–H and O–H groups in total. The highest BCUT2D eigenvalue weighted by atomic mass is 16.6. The van der Waals surface area contributed by atoms with Gasteiger partial charge >= 0.3 is 5.97 Å². The minimum absolute atomic E-state index is 0.0185. The van der Waals surface area contributed by atoms with E-state index in [-0.39, 0.29) is 5.92 Å². The summed E-state index contributed by atoms with van der Waals surface area (Å²) in [4.78, 5) is 9.76. The average molecular weight is 130 g/mol. The fraction of sp³-hybridized carbons (Fsp3) is 0.833. The second-order valence-electron chi connectivity index (χ2n) is 2.22. The zero-order valence-corrected chi connectivity index (χ0v) is 5.17. The molecule has 2 rings (SSSR count). The molecule has 0 atom stereocenters. The number of carboxylic acid groups (broad SMARTS) is 1. The topological polar surface area (TPSA) is 49.8 Å². The Hall–Kier alpha value is -0.570. The van der Waals surface area contributed by atoms with Crippen LogP contribution in [0.15, 0.2) is 0 Å². The van der Waals surface area contributed by atoms with Crippen LogP contribution < -0.4 is 0 Å². The first-order valence-electron chi connectivity index (χ1n) is 3.11. The van der Waals surface area contributed by atoms with Gasteiger partial charge in [-0.25, -0.2) is 0 Å². The van der Waals surface area contributed by atoms with Gasteiger partial charge in [0.15, 0.2) is 0 Å². The lowest BCUT2D eigenvalue weighted by molar-refractivity contribution is -0.138. The van der Waals surface area contributed by atoms with Crippen molar-refractivity contribution in [2.75, 3.05) is 13.2 Å². The number of rotatable bonds is 1. The number of hydrogen-bond acceptors (Lipinski definition) is 2. The van der Waals surface area contributed by atoms with Crippen LogP contribution in [-0.4, -0.2) is 24.3 Å². The second kappa shape index (κ2) is 2.82. The van der Waals surface area contributed by atoms with Gasteiger partial charge in [0, 0.05) is 0 Å². The molecule has 2 aliphatic rings. The fourth-order valence-corrected chi connectivity index (χ4v) is 0.330. The molecule has 0 unspecified atom stereocenters. The molecule has 1 saturated heterocycles. The van der Waals surface area contributed by atoms with Crippen molar-refractivity contribution in [3.8, 4) is 0 Å². The number of epoxide rings is 1. The van der Waals surface area contributed by atoms with E-state index in [1.807, 2.05) is 0 Å². The Morgan fingerprint density at radius 3 is 1.89 bits per heavy atom. The molecule has 0 bridgehead atoms. The predicted molar refractivity (Wildman–Crippen MR) is 31.2 cm³/mol. The van der Waals surface area contributed by atoms with Crippen molar-refractivity contribution >= 4 is 5.97 Å². The number of ether oxygens (including phenoxy) is 1. The van der Waals surface area contributed by atoms with Gasteiger partial charge in [-0.1, -0.05) is 0 Å². The summed E-state index contributed by atoms with van der Waals surface area (Å²) in [7, 11) is 0. The maximum absolute atomic E-state index is 9.76. The molecule has 0 spiro atoms. The summed E-state index contributed by atoms with van der Waals surface area (Å²) in [5, 5.41) is 8.05. The Morgan fingerprint density at radius 1 is 1.44 bits per heavy atom. The molecule has 1 aliphatic heterocycles. The molecule has 3 nitrogen and oxygen atoms in total. The van der Waals surface area contributed by atoms with Crippen molar-refractivity contribution < 1.29 is 14.6 Å². The molecular formula is C6H10O3. The van der Waals surface area contributed by atoms with E-state index in [1.165, 1.54) is 0 Å². The number of carboxylic acids is 1. The average Bonchev–Trinajstić information content (AvgIpc) is 2.64. The Kier molecular flexibility index (Phi) is 2.05. The fourth-order valence-electron chi connectivity index (χ4n) is 0.330. The molecule has 0 aromatic rings. The Morgan fingerprint density at radius 2 is 1.89 bits per heavy atom. The van der Waals surface area contributed by atoms with E-state index < -0.39 is 5.97 Å². The van der Waals surface area contributed by atoms with Crippen molar-refractivity contribution in [2.24, 2.45) is 5.92 Å². The van der Waals surface area contributed by atoms with Crippen LogP contribution in [0.4, 0.5) is 0 Å². The first-order valence-corrected chi connectivity index (χ1v) is 3.11. The lowest BCUT2D eigenvalue weighted by atomic mass is 10.5. The van der Waals surface area contributed by atoms with Crippen molar-refractivity contribution in [3.05, 3.63) is 0 Å². The molecule has 3 heteroatoms. The van der Waals surface area contributed by atoms with E-state index in [9.17, 15) is 4.79 Å². The van der Waals surface area contributed by atoms with Gasteiger partial charge in [-0.2, -0.15) is 0 Å². The molecule has 2 fully saturated rings. The minimum atomic E-state index is -0.630. The maximum Gasteiger partial charge on any atom is 0.306 e. The van der Waals surface area contributed by atoms with Gasteiger partial charge in [0.1, 0.15) is 0 Å². The van der Waals surface area contributed by atoms with Gasteiger partial charge in [-0.05, 0) is 12.8 Å². The van der Waals surface area contributed by atoms with E-state index in [0.717, 1.165) is 26.1 Å². The molecule has 52 valence electrons. The van der Waals surface area contributed by atoms with Gasteiger partial charge in [-0.15, -0.1) is 0 Å². The molecular weight excluding hydrogens is 120 g/mol. The zero-order valence-electron chi connectivity index (χ0n) is 5.17. The van der Waals surface area contributed by atoms with E-state index >= 15 is 0 Å². The highest BCUT2D eigenvalue weighted by Crippen LogP contribution is 2.28. The van der Waals surface area contributed by atoms with Crippen LogP contribution in [-0.2, 0) is 9.53 Å². The number of carbonyl (C=O) groups is 1. The lowest BCUT2D eigenvalue weighted by Gasteiger charge is -1.75. The SMILES string of the molecule is C1CO1.O=C(O)C1CC1. The van der Waals surface area contributed by atoms with Crippen LogP contribution in [0.25, 0.3) is 0 Å². The van der Waals surface area contributed by atoms with Crippen molar-refractivity contribution in [3.63, 3.8) is 0 Å². The zero-order chi connectivity index (χ0) is 6.69. The number of hydrogen-bond donors (Lipinski definition) is 1. The molecule has 1 saturated carbocycles. The van der Waals surface area contributed by atoms with Crippen LogP contribution in [0.1, 0.15) is 12.8 Å². The summed E-state index contributed by atoms with van der Waals surface area (Å²) in [6.45, 7) is 2.00. The summed E-state index contributed by atoms with van der Waals surface area (Å²) in [6, 6.07) is 0. The summed E-state index contributed by atoms with van der Waals surface area (Å²) in [5.74, 6) is -0.611. The van der Waals surface area contributed by atoms with E-state index in [4.69, 9.17) is 5.11 Å². The van der Waals surface area contributed by atoms with E-state index in [0.29, 0.717) is 0 Å². The third-order valence-electron chi connectivity index (χ3n) is 1.13. The Labute approximate surface area is 53.6 Å². The van der Waals surface area contributed by atoms with Crippen LogP contribution in [0.5, 0.6) is 0 Å². The molecule has 9 heavy (non-hydrogen) atoms. The standard InChI is InChI=1S/C4H6O2.C2H4O/c5-4(6)3-1-2-3;1-2-3-1/h3H,1-2H2,(H,5,6);1-2H2. The van der Waals surface area contributed by atoms with Crippen molar-refractivity contribution in [1.29, 1.82) is 0 Å². The monoisotopic (exact) mass is 130 g/mol. The largest absolute Gasteiger partial charge is 0.481 e. The quantitative estimate of drug-likeness (QED) is 0.526. The van der Waals surface area contributed by atoms with Gasteiger partial charge in [0.25, 0.3) is 0 Å². The lowest BCUT2D eigenvalue weighted by Crippen LogP contribution is -1.94. The highest BCUT2D eigenvalue weighted by Gasteiger charge is 2.28. The van der Waals surface area contributed by atoms with E-state index in [2.05, 4.69) is 4.74 Å². The smallest absolute Gasteiger partial charge is 0.306 e. The van der Waals surface area contributed by atoms with Gasteiger partial charge in [0.2, 0.25) is 0 Å². The molecule has 0 radical (unpaired) electrons. The maximum atomic E-state index is 9.76. The normalized spacial score (nSPS) is 21.8. The predicted octanol–water partition coefficient (Wildman–Crippen LogP) is 0.498. The Balaban J connectivity index is 0.000000112. The summed E-state index contributed by atoms with van der Waals surface area (Å²) in [6.07, 6.45) is 1.80. The van der Waals surface area contributed by atoms with E-state index in [1.54, 1.807) is 0 Å². The molecule has 1 aliphatic carbocycles. The third-order valence-corrected chi connectivity index (χ3v) is 1.13.